The highest BCUT2D eigenvalue weighted by atomic mass is 16.5. The number of benzene rings is 2. The molecule has 1 amide bonds. The summed E-state index contributed by atoms with van der Waals surface area (Å²) in [6.07, 6.45) is 7.46. The number of hydrogen-bond acceptors (Lipinski definition) is 6. The van der Waals surface area contributed by atoms with Gasteiger partial charge in [-0.1, -0.05) is 68.5 Å². The number of carbonyl (C=O) groups excluding carboxylic acids is 1. The normalized spacial score (nSPS) is 11.9. The molecule has 2 heterocycles. The van der Waals surface area contributed by atoms with Crippen LogP contribution >= 0.6 is 0 Å². The maximum Gasteiger partial charge on any atom is 0.229 e. The molecule has 7 nitrogen and oxygen atoms in total. The molecule has 3 aromatic rings. The van der Waals surface area contributed by atoms with Crippen molar-refractivity contribution in [3.63, 3.8) is 0 Å². The van der Waals surface area contributed by atoms with E-state index < -0.39 is 0 Å². The third-order valence-corrected chi connectivity index (χ3v) is 5.85. The summed E-state index contributed by atoms with van der Waals surface area (Å²) in [5.74, 6) is 0.517. The first kappa shape index (κ1) is 34.0. The number of anilines is 2. The first-order valence-electron chi connectivity index (χ1n) is 13.8. The number of carbonyl (C=O) groups is 1. The van der Waals surface area contributed by atoms with E-state index in [9.17, 15) is 4.79 Å². The van der Waals surface area contributed by atoms with Crippen LogP contribution in [0.25, 0.3) is 0 Å². The second-order valence-electron chi connectivity index (χ2n) is 8.70. The van der Waals surface area contributed by atoms with E-state index in [0.29, 0.717) is 18.3 Å². The van der Waals surface area contributed by atoms with Gasteiger partial charge in [-0.2, -0.15) is 5.26 Å². The number of hydrogen-bond donors (Lipinski definition) is 2. The van der Waals surface area contributed by atoms with Gasteiger partial charge in [0.15, 0.2) is 0 Å². The van der Waals surface area contributed by atoms with E-state index in [4.69, 9.17) is 10.00 Å². The van der Waals surface area contributed by atoms with Gasteiger partial charge in [0.05, 0.1) is 36.0 Å². The average molecular weight is 544 g/mol. The van der Waals surface area contributed by atoms with Crippen LogP contribution in [-0.2, 0) is 22.4 Å². The molecule has 4 rings (SSSR count). The minimum absolute atomic E-state index is 0.0603. The summed E-state index contributed by atoms with van der Waals surface area (Å²) in [5.41, 5.74) is 4.03. The number of allylic oxidation sites excluding steroid dienone is 2. The molecule has 0 radical (unpaired) electrons. The van der Waals surface area contributed by atoms with E-state index in [2.05, 4.69) is 26.6 Å². The minimum atomic E-state index is -0.0603. The SMILES string of the molecule is C/C=C\C.CC.CNCCc1ccc(C#N)cc1.COC1CN(c2ccc(NC(=O)Cc3ccccc3)nc2)C1. The molecule has 1 fully saturated rings. The Bertz CT molecular complexity index is 1130. The number of aromatic nitrogens is 1. The fourth-order valence-electron chi connectivity index (χ4n) is 3.43. The summed E-state index contributed by atoms with van der Waals surface area (Å²) in [6.45, 7) is 10.8. The van der Waals surface area contributed by atoms with Gasteiger partial charge in [0, 0.05) is 20.2 Å². The standard InChI is InChI=1S/C17H19N3O2.C10H12N2.C4H8.C2H6/c1-22-15-11-20(12-15)14-7-8-16(18-10-14)19-17(21)9-13-5-3-2-4-6-13;1-12-7-6-9-2-4-10(8-11)5-3-9;1-3-4-2;1-2/h2-8,10,15H,9,11-12H2,1H3,(H,18,19,21);2-5,12H,6-7H2,1H3;3-4H,1-2H3;1-2H3/b;;4-3-;. The summed E-state index contributed by atoms with van der Waals surface area (Å²) < 4.78 is 5.25. The van der Waals surface area contributed by atoms with Gasteiger partial charge in [0.25, 0.3) is 0 Å². The molecule has 0 saturated carbocycles. The summed E-state index contributed by atoms with van der Waals surface area (Å²) in [6, 6.07) is 23.3. The Morgan fingerprint density at radius 3 is 2.17 bits per heavy atom. The summed E-state index contributed by atoms with van der Waals surface area (Å²) in [7, 11) is 3.66. The van der Waals surface area contributed by atoms with Crippen molar-refractivity contribution < 1.29 is 9.53 Å². The van der Waals surface area contributed by atoms with Gasteiger partial charge in [-0.05, 0) is 69.3 Å². The van der Waals surface area contributed by atoms with Crippen molar-refractivity contribution in [1.82, 2.24) is 10.3 Å². The van der Waals surface area contributed by atoms with E-state index in [-0.39, 0.29) is 5.91 Å². The third kappa shape index (κ3) is 13.2. The zero-order chi connectivity index (χ0) is 29.6. The van der Waals surface area contributed by atoms with Crippen molar-refractivity contribution in [2.75, 3.05) is 44.0 Å². The molecular formula is C33H45N5O2. The molecule has 7 heteroatoms. The lowest BCUT2D eigenvalue weighted by Crippen LogP contribution is -2.51. The number of nitrogens with one attached hydrogen (secondary N) is 2. The molecular weight excluding hydrogens is 498 g/mol. The fraction of sp³-hybridized carbons (Fsp3) is 0.364. The molecule has 0 bridgehead atoms. The van der Waals surface area contributed by atoms with Crippen molar-refractivity contribution in [2.24, 2.45) is 0 Å². The first-order valence-corrected chi connectivity index (χ1v) is 13.8. The first-order chi connectivity index (χ1) is 19.5. The molecule has 0 atom stereocenters. The molecule has 0 unspecified atom stereocenters. The third-order valence-electron chi connectivity index (χ3n) is 5.85. The number of amides is 1. The maximum atomic E-state index is 12.0. The highest BCUT2D eigenvalue weighted by Crippen LogP contribution is 2.22. The molecule has 1 saturated heterocycles. The van der Waals surface area contributed by atoms with E-state index in [1.54, 1.807) is 13.3 Å². The van der Waals surface area contributed by atoms with Crippen LogP contribution in [0.1, 0.15) is 44.4 Å². The van der Waals surface area contributed by atoms with Crippen LogP contribution in [0, 0.1) is 11.3 Å². The van der Waals surface area contributed by atoms with Gasteiger partial charge in [-0.15, -0.1) is 0 Å². The van der Waals surface area contributed by atoms with Crippen LogP contribution in [-0.4, -0.2) is 50.8 Å². The number of pyridine rings is 1. The number of nitrogens with zero attached hydrogens (tertiary/aromatic N) is 3. The molecule has 40 heavy (non-hydrogen) atoms. The van der Waals surface area contributed by atoms with Crippen molar-refractivity contribution in [3.05, 3.63) is 102 Å². The van der Waals surface area contributed by atoms with Gasteiger partial charge >= 0.3 is 0 Å². The van der Waals surface area contributed by atoms with Crippen LogP contribution in [0.2, 0.25) is 0 Å². The summed E-state index contributed by atoms with van der Waals surface area (Å²) in [5, 5.41) is 14.4. The summed E-state index contributed by atoms with van der Waals surface area (Å²) >= 11 is 0. The maximum absolute atomic E-state index is 12.0. The van der Waals surface area contributed by atoms with Crippen LogP contribution in [0.5, 0.6) is 0 Å². The van der Waals surface area contributed by atoms with E-state index in [0.717, 1.165) is 42.9 Å². The van der Waals surface area contributed by atoms with Gasteiger partial charge in [-0.3, -0.25) is 4.79 Å². The molecule has 1 aromatic heterocycles. The zero-order valence-corrected chi connectivity index (χ0v) is 24.9. The van der Waals surface area contributed by atoms with Crippen LogP contribution in [0.4, 0.5) is 11.5 Å². The summed E-state index contributed by atoms with van der Waals surface area (Å²) in [4.78, 5) is 18.5. The van der Waals surface area contributed by atoms with E-state index >= 15 is 0 Å². The van der Waals surface area contributed by atoms with Crippen molar-refractivity contribution in [2.45, 2.75) is 46.6 Å². The second kappa shape index (κ2) is 20.9. The van der Waals surface area contributed by atoms with E-state index in [1.165, 1.54) is 5.56 Å². The lowest BCUT2D eigenvalue weighted by atomic mass is 10.1. The molecule has 2 aromatic carbocycles. The average Bonchev–Trinajstić information content (AvgIpc) is 2.98. The Morgan fingerprint density at radius 2 is 1.68 bits per heavy atom. The number of rotatable bonds is 8. The fourth-order valence-corrected chi connectivity index (χ4v) is 3.43. The number of ether oxygens (including phenoxy) is 1. The Hall–Kier alpha value is -3.99. The van der Waals surface area contributed by atoms with Crippen molar-refractivity contribution >= 4 is 17.4 Å². The van der Waals surface area contributed by atoms with Gasteiger partial charge in [-0.25, -0.2) is 4.98 Å². The lowest BCUT2D eigenvalue weighted by molar-refractivity contribution is -0.115. The molecule has 0 aliphatic carbocycles. The van der Waals surface area contributed by atoms with Gasteiger partial charge in [0.1, 0.15) is 5.82 Å². The predicted molar refractivity (Wildman–Crippen MR) is 167 cm³/mol. The smallest absolute Gasteiger partial charge is 0.229 e. The van der Waals surface area contributed by atoms with Gasteiger partial charge in [0.2, 0.25) is 5.91 Å². The van der Waals surface area contributed by atoms with Crippen molar-refractivity contribution in [3.8, 4) is 6.07 Å². The molecule has 2 N–H and O–H groups in total. The van der Waals surface area contributed by atoms with Crippen LogP contribution in [0.15, 0.2) is 85.1 Å². The van der Waals surface area contributed by atoms with E-state index in [1.807, 2.05) is 114 Å². The number of nitriles is 1. The monoisotopic (exact) mass is 543 g/mol. The highest BCUT2D eigenvalue weighted by molar-refractivity contribution is 5.91. The predicted octanol–water partition coefficient (Wildman–Crippen LogP) is 6.03. The Kier molecular flexibility index (Phi) is 17.8. The molecule has 1 aliphatic heterocycles. The van der Waals surface area contributed by atoms with Crippen LogP contribution < -0.4 is 15.5 Å². The Balaban J connectivity index is 0.000000374. The second-order valence-corrected chi connectivity index (χ2v) is 8.70. The number of likely N-dealkylation sites (N-methyl/N-ethyl adjacent to an activating group) is 1. The molecule has 0 spiro atoms. The highest BCUT2D eigenvalue weighted by Gasteiger charge is 2.26. The molecule has 214 valence electrons. The van der Waals surface area contributed by atoms with Gasteiger partial charge < -0.3 is 20.3 Å². The quantitative estimate of drug-likeness (QED) is 0.337. The minimum Gasteiger partial charge on any atom is -0.378 e. The van der Waals surface area contributed by atoms with Crippen LogP contribution in [0.3, 0.4) is 0 Å². The van der Waals surface area contributed by atoms with Crippen molar-refractivity contribution in [1.29, 1.82) is 5.26 Å². The Labute approximate surface area is 240 Å². The lowest BCUT2D eigenvalue weighted by Gasteiger charge is -2.39. The zero-order valence-electron chi connectivity index (χ0n) is 24.9. The largest absolute Gasteiger partial charge is 0.378 e. The number of methoxy groups -OCH3 is 1. The molecule has 1 aliphatic rings. The topological polar surface area (TPSA) is 90.3 Å². The Morgan fingerprint density at radius 1 is 1.02 bits per heavy atom.